The summed E-state index contributed by atoms with van der Waals surface area (Å²) in [5, 5.41) is 2.79. The summed E-state index contributed by atoms with van der Waals surface area (Å²) < 4.78 is 20.7. The van der Waals surface area contributed by atoms with Crippen LogP contribution in [0.2, 0.25) is 0 Å². The highest BCUT2D eigenvalue weighted by Gasteiger charge is 2.28. The van der Waals surface area contributed by atoms with E-state index in [-0.39, 0.29) is 36.9 Å². The monoisotopic (exact) mass is 526 g/mol. The molecule has 2 amide bonds. The van der Waals surface area contributed by atoms with Crippen molar-refractivity contribution >= 4 is 29.1 Å². The van der Waals surface area contributed by atoms with E-state index < -0.39 is 0 Å². The zero-order valence-electron chi connectivity index (χ0n) is 21.3. The quantitative estimate of drug-likeness (QED) is 0.273. The Morgan fingerprint density at radius 3 is 2.36 bits per heavy atom. The molecular formula is C24H38N4O7S. The molecule has 0 unspecified atom stereocenters. The molecule has 0 aliphatic carbocycles. The molecule has 3 heterocycles. The smallest absolute Gasteiger partial charge is 0.320 e. The fraction of sp³-hybridized carbons (Fsp3) is 0.750. The van der Waals surface area contributed by atoms with Crippen molar-refractivity contribution in [3.05, 3.63) is 16.1 Å². The minimum atomic E-state index is -0.231. The van der Waals surface area contributed by atoms with Gasteiger partial charge in [0.05, 0.1) is 44.6 Å². The average molecular weight is 527 g/mol. The number of likely N-dealkylation sites (tertiary alicyclic amines) is 1. The lowest BCUT2D eigenvalue weighted by Crippen LogP contribution is -2.50. The number of carbonyl (C=O) groups is 3. The van der Waals surface area contributed by atoms with Crippen molar-refractivity contribution in [3.8, 4) is 0 Å². The number of ether oxygens (including phenoxy) is 4. The normalized spacial score (nSPS) is 17.4. The molecule has 202 valence electrons. The summed E-state index contributed by atoms with van der Waals surface area (Å²) in [7, 11) is 1.62. The van der Waals surface area contributed by atoms with E-state index in [1.54, 1.807) is 18.9 Å². The predicted molar refractivity (Wildman–Crippen MR) is 133 cm³/mol. The van der Waals surface area contributed by atoms with Crippen LogP contribution in [0.15, 0.2) is 5.38 Å². The topological polar surface area (TPSA) is 111 Å². The summed E-state index contributed by atoms with van der Waals surface area (Å²) in [6.45, 7) is 8.06. The lowest BCUT2D eigenvalue weighted by molar-refractivity contribution is -0.144. The zero-order chi connectivity index (χ0) is 25.8. The van der Waals surface area contributed by atoms with Gasteiger partial charge in [-0.05, 0) is 19.8 Å². The number of rotatable bonds is 13. The van der Waals surface area contributed by atoms with Crippen LogP contribution in [-0.2, 0) is 28.5 Å². The van der Waals surface area contributed by atoms with Gasteiger partial charge >= 0.3 is 5.97 Å². The third-order valence-corrected chi connectivity index (χ3v) is 7.29. The summed E-state index contributed by atoms with van der Waals surface area (Å²) in [6.07, 6.45) is 1.64. The van der Waals surface area contributed by atoms with E-state index >= 15 is 0 Å². The maximum Gasteiger partial charge on any atom is 0.320 e. The Kier molecular flexibility index (Phi) is 12.0. The molecule has 0 saturated carbocycles. The third-order valence-electron chi connectivity index (χ3n) is 6.28. The minimum Gasteiger partial charge on any atom is -0.465 e. The van der Waals surface area contributed by atoms with E-state index in [9.17, 15) is 14.4 Å². The van der Waals surface area contributed by atoms with Crippen LogP contribution in [-0.4, -0.2) is 130 Å². The predicted octanol–water partition coefficient (Wildman–Crippen LogP) is 0.850. The molecule has 1 aromatic rings. The second kappa shape index (κ2) is 15.2. The van der Waals surface area contributed by atoms with Crippen LogP contribution in [0.25, 0.3) is 0 Å². The summed E-state index contributed by atoms with van der Waals surface area (Å²) in [4.78, 5) is 47.3. The van der Waals surface area contributed by atoms with Crippen molar-refractivity contribution in [2.45, 2.75) is 25.7 Å². The lowest BCUT2D eigenvalue weighted by Gasteiger charge is -2.33. The number of methoxy groups -OCH3 is 1. The fourth-order valence-electron chi connectivity index (χ4n) is 4.22. The summed E-state index contributed by atoms with van der Waals surface area (Å²) in [5.41, 5.74) is 0.480. The zero-order valence-corrected chi connectivity index (χ0v) is 22.1. The van der Waals surface area contributed by atoms with Gasteiger partial charge in [0.1, 0.15) is 12.3 Å². The number of carbonyl (C=O) groups excluding carboxylic acids is 3. The molecule has 11 nitrogen and oxygen atoms in total. The number of hydrogen-bond acceptors (Lipinski definition) is 10. The molecule has 3 rings (SSSR count). The molecule has 2 aliphatic rings. The molecule has 0 spiro atoms. The van der Waals surface area contributed by atoms with Crippen LogP contribution >= 0.6 is 11.3 Å². The van der Waals surface area contributed by atoms with Crippen LogP contribution < -0.4 is 0 Å². The number of hydrogen-bond donors (Lipinski definition) is 0. The van der Waals surface area contributed by atoms with Crippen molar-refractivity contribution < 1.29 is 33.3 Å². The van der Waals surface area contributed by atoms with Gasteiger partial charge in [0.15, 0.2) is 0 Å². The molecule has 0 N–H and O–H groups in total. The number of aromatic nitrogens is 1. The van der Waals surface area contributed by atoms with E-state index in [0.717, 1.165) is 17.8 Å². The Morgan fingerprint density at radius 2 is 1.67 bits per heavy atom. The third kappa shape index (κ3) is 8.77. The van der Waals surface area contributed by atoms with Gasteiger partial charge in [-0.25, -0.2) is 4.98 Å². The number of piperazine rings is 1. The molecular weight excluding hydrogens is 488 g/mol. The first-order valence-electron chi connectivity index (χ1n) is 12.6. The second-order valence-corrected chi connectivity index (χ2v) is 9.65. The first-order chi connectivity index (χ1) is 17.5. The van der Waals surface area contributed by atoms with Crippen LogP contribution in [0, 0.1) is 0 Å². The SMILES string of the molecule is CCOC(=O)CN1CCN(C(=O)c2csc(C3CCN(C(=O)COCCOCCOC)CC3)n2)CC1. The Balaban J connectivity index is 1.36. The lowest BCUT2D eigenvalue weighted by atomic mass is 9.97. The Labute approximate surface area is 216 Å². The van der Waals surface area contributed by atoms with Crippen molar-refractivity contribution in [1.29, 1.82) is 0 Å². The standard InChI is InChI=1S/C24H38N4O7S/c1-3-35-22(30)16-26-8-10-28(11-9-26)24(31)20-18-36-23(25-20)19-4-6-27(7-5-19)21(29)17-34-15-14-33-13-12-32-2/h18-19H,3-17H2,1-2H3. The van der Waals surface area contributed by atoms with Gasteiger partial charge in [-0.2, -0.15) is 0 Å². The first-order valence-corrected chi connectivity index (χ1v) is 13.4. The molecule has 0 aromatic carbocycles. The highest BCUT2D eigenvalue weighted by atomic mass is 32.1. The summed E-state index contributed by atoms with van der Waals surface area (Å²) >= 11 is 1.52. The molecule has 12 heteroatoms. The number of amides is 2. The molecule has 2 saturated heterocycles. The van der Waals surface area contributed by atoms with Crippen LogP contribution in [0.4, 0.5) is 0 Å². The van der Waals surface area contributed by atoms with E-state index in [4.69, 9.17) is 18.9 Å². The number of piperidine rings is 1. The van der Waals surface area contributed by atoms with Crippen LogP contribution in [0.5, 0.6) is 0 Å². The van der Waals surface area contributed by atoms with Crippen molar-refractivity contribution in [2.24, 2.45) is 0 Å². The maximum absolute atomic E-state index is 12.9. The molecule has 2 fully saturated rings. The second-order valence-electron chi connectivity index (χ2n) is 8.76. The molecule has 0 radical (unpaired) electrons. The number of thiazole rings is 1. The largest absolute Gasteiger partial charge is 0.465 e. The van der Waals surface area contributed by atoms with Crippen LogP contribution in [0.1, 0.15) is 41.2 Å². The summed E-state index contributed by atoms with van der Waals surface area (Å²) in [6, 6.07) is 0. The average Bonchev–Trinajstić information content (AvgIpc) is 3.39. The van der Waals surface area contributed by atoms with Crippen molar-refractivity contribution in [3.63, 3.8) is 0 Å². The molecule has 0 bridgehead atoms. The van der Waals surface area contributed by atoms with Crippen LogP contribution in [0.3, 0.4) is 0 Å². The first kappa shape index (κ1) is 28.5. The molecule has 2 aliphatic heterocycles. The van der Waals surface area contributed by atoms with Gasteiger partial charge in [0, 0.05) is 57.7 Å². The van der Waals surface area contributed by atoms with Gasteiger partial charge in [-0.1, -0.05) is 0 Å². The van der Waals surface area contributed by atoms with Gasteiger partial charge in [-0.15, -0.1) is 11.3 Å². The van der Waals surface area contributed by atoms with E-state index in [0.29, 0.717) is 78.0 Å². The van der Waals surface area contributed by atoms with Gasteiger partial charge in [0.2, 0.25) is 5.91 Å². The molecule has 1 aromatic heterocycles. The Morgan fingerprint density at radius 1 is 0.972 bits per heavy atom. The minimum absolute atomic E-state index is 0.0116. The number of esters is 1. The highest BCUT2D eigenvalue weighted by molar-refractivity contribution is 7.09. The maximum atomic E-state index is 12.9. The van der Waals surface area contributed by atoms with Gasteiger partial charge in [0.25, 0.3) is 5.91 Å². The summed E-state index contributed by atoms with van der Waals surface area (Å²) in [5.74, 6) is -0.0613. The van der Waals surface area contributed by atoms with Crippen molar-refractivity contribution in [1.82, 2.24) is 19.7 Å². The fourth-order valence-corrected chi connectivity index (χ4v) is 5.19. The van der Waals surface area contributed by atoms with Gasteiger partial charge in [-0.3, -0.25) is 19.3 Å². The van der Waals surface area contributed by atoms with E-state index in [1.165, 1.54) is 11.3 Å². The number of nitrogens with zero attached hydrogens (tertiary/aromatic N) is 4. The van der Waals surface area contributed by atoms with E-state index in [1.807, 2.05) is 15.2 Å². The highest BCUT2D eigenvalue weighted by Crippen LogP contribution is 2.30. The van der Waals surface area contributed by atoms with Gasteiger partial charge < -0.3 is 28.7 Å². The Hall–Kier alpha value is -2.12. The molecule has 36 heavy (non-hydrogen) atoms. The molecule has 0 atom stereocenters. The van der Waals surface area contributed by atoms with E-state index in [2.05, 4.69) is 4.98 Å². The van der Waals surface area contributed by atoms with Crippen molar-refractivity contribution in [2.75, 3.05) is 92.6 Å². The Bertz CT molecular complexity index is 836.